The second-order valence-electron chi connectivity index (χ2n) is 4.14. The van der Waals surface area contributed by atoms with Gasteiger partial charge < -0.3 is 14.6 Å². The number of halogens is 2. The molecule has 2 aromatic rings. The van der Waals surface area contributed by atoms with Gasteiger partial charge in [0.2, 0.25) is 0 Å². The molecule has 0 amide bonds. The number of unbranched alkanes of at least 4 members (excludes halogenated alkanes) is 1. The zero-order chi connectivity index (χ0) is 13.1. The average molecular weight is 254 g/mol. The van der Waals surface area contributed by atoms with Crippen LogP contribution in [0.4, 0.5) is 8.78 Å². The summed E-state index contributed by atoms with van der Waals surface area (Å²) in [5, 5.41) is 17.4. The summed E-state index contributed by atoms with van der Waals surface area (Å²) in [6.45, 7) is 0.578. The Kier molecular flexibility index (Phi) is 3.93. The minimum atomic E-state index is -1.30. The molecular weight excluding hydrogens is 241 g/mol. The Morgan fingerprint density at radius 2 is 2.00 bits per heavy atom. The Bertz CT molecular complexity index is 545. The first kappa shape index (κ1) is 13.0. The van der Waals surface area contributed by atoms with Crippen LogP contribution < -0.4 is 0 Å². The van der Waals surface area contributed by atoms with Crippen molar-refractivity contribution in [2.24, 2.45) is 0 Å². The number of aryl methyl sites for hydroxylation is 1. The highest BCUT2D eigenvalue weighted by Gasteiger charge is 2.12. The van der Waals surface area contributed by atoms with Gasteiger partial charge in [-0.1, -0.05) is 6.42 Å². The minimum Gasteiger partial charge on any atom is -0.427 e. The van der Waals surface area contributed by atoms with E-state index in [0.717, 1.165) is 6.07 Å². The van der Waals surface area contributed by atoms with E-state index in [4.69, 9.17) is 10.0 Å². The van der Waals surface area contributed by atoms with Crippen LogP contribution in [-0.2, 0) is 6.54 Å². The standard InChI is InChI=1S/C11H13BF2N2O2/c13-8-3-4-9-11(10(8)14)15-7-16(9)6-2-1-5-12(17)18/h3-4,7,17-18H,1-2,5-6H2. The first-order valence-corrected chi connectivity index (χ1v) is 5.74. The molecule has 0 saturated carbocycles. The Morgan fingerprint density at radius 3 is 2.72 bits per heavy atom. The van der Waals surface area contributed by atoms with Gasteiger partial charge in [-0.25, -0.2) is 13.8 Å². The van der Waals surface area contributed by atoms with Crippen LogP contribution in [0, 0.1) is 11.6 Å². The van der Waals surface area contributed by atoms with Crippen LogP contribution in [-0.4, -0.2) is 26.7 Å². The normalized spacial score (nSPS) is 11.1. The van der Waals surface area contributed by atoms with E-state index in [9.17, 15) is 8.78 Å². The van der Waals surface area contributed by atoms with Gasteiger partial charge in [0, 0.05) is 6.54 Å². The van der Waals surface area contributed by atoms with E-state index in [1.54, 1.807) is 4.57 Å². The lowest BCUT2D eigenvalue weighted by molar-refractivity contribution is 0.401. The van der Waals surface area contributed by atoms with E-state index < -0.39 is 18.8 Å². The number of fused-ring (bicyclic) bond motifs is 1. The van der Waals surface area contributed by atoms with E-state index in [1.807, 2.05) is 0 Å². The van der Waals surface area contributed by atoms with Crippen molar-refractivity contribution < 1.29 is 18.8 Å². The maximum absolute atomic E-state index is 13.4. The van der Waals surface area contributed by atoms with Gasteiger partial charge in [0.05, 0.1) is 11.8 Å². The molecule has 2 N–H and O–H groups in total. The van der Waals surface area contributed by atoms with Gasteiger partial charge in [0.1, 0.15) is 5.52 Å². The van der Waals surface area contributed by atoms with E-state index in [0.29, 0.717) is 31.2 Å². The van der Waals surface area contributed by atoms with Crippen LogP contribution in [0.2, 0.25) is 6.32 Å². The third-order valence-corrected chi connectivity index (χ3v) is 2.79. The number of benzene rings is 1. The first-order valence-electron chi connectivity index (χ1n) is 5.74. The van der Waals surface area contributed by atoms with E-state index in [2.05, 4.69) is 4.98 Å². The number of rotatable bonds is 5. The second-order valence-corrected chi connectivity index (χ2v) is 4.14. The van der Waals surface area contributed by atoms with Crippen molar-refractivity contribution in [2.45, 2.75) is 25.7 Å². The number of nitrogens with zero attached hydrogens (tertiary/aromatic N) is 2. The first-order chi connectivity index (χ1) is 8.59. The van der Waals surface area contributed by atoms with Crippen molar-refractivity contribution in [2.75, 3.05) is 0 Å². The molecule has 7 heteroatoms. The molecule has 0 atom stereocenters. The maximum Gasteiger partial charge on any atom is 0.451 e. The fourth-order valence-electron chi connectivity index (χ4n) is 1.86. The lowest BCUT2D eigenvalue weighted by atomic mass is 9.84. The SMILES string of the molecule is OB(O)CCCCn1cnc2c(F)c(F)ccc21. The van der Waals surface area contributed by atoms with Crippen LogP contribution in [0.3, 0.4) is 0 Å². The highest BCUT2D eigenvalue weighted by molar-refractivity contribution is 6.40. The van der Waals surface area contributed by atoms with Crippen molar-refractivity contribution in [1.82, 2.24) is 9.55 Å². The maximum atomic E-state index is 13.4. The second kappa shape index (κ2) is 5.45. The Balaban J connectivity index is 2.08. The molecule has 0 radical (unpaired) electrons. The Labute approximate surface area is 103 Å². The van der Waals surface area contributed by atoms with Gasteiger partial charge in [-0.2, -0.15) is 0 Å². The minimum absolute atomic E-state index is 0.0252. The molecule has 0 fully saturated rings. The molecule has 0 aliphatic rings. The van der Waals surface area contributed by atoms with Crippen LogP contribution in [0.5, 0.6) is 0 Å². The summed E-state index contributed by atoms with van der Waals surface area (Å²) < 4.78 is 28.1. The monoisotopic (exact) mass is 254 g/mol. The van der Waals surface area contributed by atoms with Gasteiger partial charge in [-0.05, 0) is 24.9 Å². The summed E-state index contributed by atoms with van der Waals surface area (Å²) in [4.78, 5) is 3.84. The molecule has 4 nitrogen and oxygen atoms in total. The quantitative estimate of drug-likeness (QED) is 0.628. The summed E-state index contributed by atoms with van der Waals surface area (Å²) in [6, 6.07) is 2.56. The Morgan fingerprint density at radius 1 is 1.22 bits per heavy atom. The number of hydrogen-bond donors (Lipinski definition) is 2. The predicted molar refractivity (Wildman–Crippen MR) is 63.9 cm³/mol. The van der Waals surface area contributed by atoms with Crippen LogP contribution in [0.1, 0.15) is 12.8 Å². The van der Waals surface area contributed by atoms with Crippen molar-refractivity contribution in [3.63, 3.8) is 0 Å². The smallest absolute Gasteiger partial charge is 0.427 e. The zero-order valence-electron chi connectivity index (χ0n) is 9.68. The van der Waals surface area contributed by atoms with E-state index in [-0.39, 0.29) is 5.52 Å². The van der Waals surface area contributed by atoms with Crippen molar-refractivity contribution in [1.29, 1.82) is 0 Å². The molecule has 0 aliphatic heterocycles. The van der Waals surface area contributed by atoms with Crippen molar-refractivity contribution in [3.8, 4) is 0 Å². The number of hydrogen-bond acceptors (Lipinski definition) is 3. The highest BCUT2D eigenvalue weighted by atomic mass is 19.2. The third-order valence-electron chi connectivity index (χ3n) is 2.79. The van der Waals surface area contributed by atoms with Crippen LogP contribution >= 0.6 is 0 Å². The zero-order valence-corrected chi connectivity index (χ0v) is 9.68. The molecule has 0 unspecified atom stereocenters. The third kappa shape index (κ3) is 2.68. The topological polar surface area (TPSA) is 58.3 Å². The summed E-state index contributed by atoms with van der Waals surface area (Å²) in [7, 11) is -1.30. The Hall–Kier alpha value is -1.47. The predicted octanol–water partition coefficient (Wildman–Crippen LogP) is 1.57. The molecular formula is C11H13BF2N2O2. The molecule has 1 aromatic carbocycles. The highest BCUT2D eigenvalue weighted by Crippen LogP contribution is 2.19. The van der Waals surface area contributed by atoms with E-state index >= 15 is 0 Å². The molecule has 96 valence electrons. The molecule has 1 heterocycles. The van der Waals surface area contributed by atoms with Crippen LogP contribution in [0.15, 0.2) is 18.5 Å². The average Bonchev–Trinajstić information content (AvgIpc) is 2.73. The molecule has 0 aliphatic carbocycles. The van der Waals surface area contributed by atoms with Gasteiger partial charge in [-0.15, -0.1) is 0 Å². The molecule has 0 bridgehead atoms. The van der Waals surface area contributed by atoms with E-state index in [1.165, 1.54) is 12.4 Å². The molecule has 1 aromatic heterocycles. The summed E-state index contributed by atoms with van der Waals surface area (Å²) in [5.41, 5.74) is 0.565. The largest absolute Gasteiger partial charge is 0.451 e. The number of aromatic nitrogens is 2. The molecule has 0 spiro atoms. The van der Waals surface area contributed by atoms with Crippen molar-refractivity contribution in [3.05, 3.63) is 30.1 Å². The summed E-state index contributed by atoms with van der Waals surface area (Å²) in [6.07, 6.45) is 3.11. The van der Waals surface area contributed by atoms with Crippen LogP contribution in [0.25, 0.3) is 11.0 Å². The fourth-order valence-corrected chi connectivity index (χ4v) is 1.86. The van der Waals surface area contributed by atoms with Gasteiger partial charge in [0.15, 0.2) is 11.6 Å². The van der Waals surface area contributed by atoms with Gasteiger partial charge >= 0.3 is 7.12 Å². The lowest BCUT2D eigenvalue weighted by Crippen LogP contribution is -2.10. The van der Waals surface area contributed by atoms with Gasteiger partial charge in [0.25, 0.3) is 0 Å². The lowest BCUT2D eigenvalue weighted by Gasteiger charge is -2.04. The number of imidazole rings is 1. The molecule has 2 rings (SSSR count). The van der Waals surface area contributed by atoms with Gasteiger partial charge in [-0.3, -0.25) is 0 Å². The summed E-state index contributed by atoms with van der Waals surface area (Å²) >= 11 is 0. The molecule has 18 heavy (non-hydrogen) atoms. The van der Waals surface area contributed by atoms with Crippen molar-refractivity contribution >= 4 is 18.2 Å². The summed E-state index contributed by atoms with van der Waals surface area (Å²) in [5.74, 6) is -1.84. The fraction of sp³-hybridized carbons (Fsp3) is 0.364. The molecule has 0 saturated heterocycles.